The molecule has 0 N–H and O–H groups in total. The molecule has 1 saturated heterocycles. The van der Waals surface area contributed by atoms with Crippen LogP contribution in [0.5, 0.6) is 0 Å². The van der Waals surface area contributed by atoms with Crippen LogP contribution in [-0.4, -0.2) is 41.3 Å². The van der Waals surface area contributed by atoms with Crippen molar-refractivity contribution >= 4 is 23.5 Å². The predicted octanol–water partition coefficient (Wildman–Crippen LogP) is 3.31. The fourth-order valence-electron chi connectivity index (χ4n) is 2.75. The lowest BCUT2D eigenvalue weighted by Crippen LogP contribution is -2.39. The summed E-state index contributed by atoms with van der Waals surface area (Å²) in [4.78, 5) is 4.17. The largest absolute Gasteiger partial charge is 0.301 e. The van der Waals surface area contributed by atoms with E-state index in [2.05, 4.69) is 47.9 Å². The van der Waals surface area contributed by atoms with Crippen LogP contribution in [0.15, 0.2) is 29.2 Å². The van der Waals surface area contributed by atoms with E-state index in [1.54, 1.807) is 5.56 Å². The van der Waals surface area contributed by atoms with E-state index >= 15 is 0 Å². The van der Waals surface area contributed by atoms with Gasteiger partial charge >= 0.3 is 0 Å². The first-order valence-electron chi connectivity index (χ1n) is 6.38. The molecule has 2 aliphatic heterocycles. The van der Waals surface area contributed by atoms with Gasteiger partial charge in [-0.15, -0.1) is 11.8 Å². The van der Waals surface area contributed by atoms with E-state index in [9.17, 15) is 0 Å². The van der Waals surface area contributed by atoms with Gasteiger partial charge in [0.1, 0.15) is 0 Å². The quantitative estimate of drug-likeness (QED) is 0.807. The number of hydrogen-bond donors (Lipinski definition) is 0. The Labute approximate surface area is 112 Å². The van der Waals surface area contributed by atoms with Gasteiger partial charge in [-0.2, -0.15) is 11.8 Å². The van der Waals surface area contributed by atoms with E-state index in [-0.39, 0.29) is 0 Å². The normalized spacial score (nSPS) is 29.2. The summed E-state index contributed by atoms with van der Waals surface area (Å²) in [5, 5.41) is 0.813. The third kappa shape index (κ3) is 2.67. The molecule has 0 radical (unpaired) electrons. The number of hydrogen-bond acceptors (Lipinski definition) is 3. The summed E-state index contributed by atoms with van der Waals surface area (Å²) >= 11 is 4.15. The van der Waals surface area contributed by atoms with Crippen LogP contribution < -0.4 is 0 Å². The van der Waals surface area contributed by atoms with Crippen molar-refractivity contribution in [3.63, 3.8) is 0 Å². The first-order chi connectivity index (χ1) is 8.33. The molecule has 0 saturated carbocycles. The molecular weight excluding hydrogens is 246 g/mol. The van der Waals surface area contributed by atoms with E-state index in [0.717, 1.165) is 11.2 Å². The molecule has 2 aliphatic rings. The summed E-state index contributed by atoms with van der Waals surface area (Å²) < 4.78 is 0. The van der Waals surface area contributed by atoms with Gasteiger partial charge in [0.05, 0.1) is 0 Å². The Hall–Kier alpha value is -0.120. The second-order valence-corrected chi connectivity index (χ2v) is 7.59. The molecule has 2 atom stereocenters. The third-order valence-electron chi connectivity index (χ3n) is 3.60. The molecule has 0 aliphatic carbocycles. The first-order valence-corrected chi connectivity index (χ1v) is 8.42. The van der Waals surface area contributed by atoms with Crippen molar-refractivity contribution in [2.24, 2.45) is 0 Å². The van der Waals surface area contributed by atoms with E-state index < -0.39 is 0 Å². The highest BCUT2D eigenvalue weighted by Crippen LogP contribution is 2.39. The first kappa shape index (κ1) is 11.9. The molecule has 0 bridgehead atoms. The summed E-state index contributed by atoms with van der Waals surface area (Å²) in [6.45, 7) is 6.16. The van der Waals surface area contributed by atoms with Gasteiger partial charge < -0.3 is 4.90 Å². The maximum atomic E-state index is 2.66. The molecule has 3 rings (SSSR count). The summed E-state index contributed by atoms with van der Waals surface area (Å²) in [7, 11) is 0. The summed E-state index contributed by atoms with van der Waals surface area (Å²) in [5.74, 6) is 3.34. The van der Waals surface area contributed by atoms with Crippen LogP contribution in [0.4, 0.5) is 0 Å². The van der Waals surface area contributed by atoms with Gasteiger partial charge in [-0.25, -0.2) is 0 Å². The number of benzene rings is 1. The minimum absolute atomic E-state index is 0.756. The van der Waals surface area contributed by atoms with Crippen molar-refractivity contribution in [1.29, 1.82) is 0 Å². The smallest absolute Gasteiger partial charge is 0.0147 e. The van der Waals surface area contributed by atoms with Gasteiger partial charge in [-0.3, -0.25) is 0 Å². The Morgan fingerprint density at radius 1 is 1.35 bits per heavy atom. The zero-order chi connectivity index (χ0) is 11.7. The lowest BCUT2D eigenvalue weighted by Gasteiger charge is -2.32. The third-order valence-corrected chi connectivity index (χ3v) is 5.99. The fraction of sp³-hybridized carbons (Fsp3) is 0.571. The molecule has 17 heavy (non-hydrogen) atoms. The van der Waals surface area contributed by atoms with E-state index in [1.165, 1.54) is 36.0 Å². The number of thioether (sulfide) groups is 2. The second-order valence-electron chi connectivity index (χ2n) is 4.99. The van der Waals surface area contributed by atoms with Crippen LogP contribution in [0.25, 0.3) is 0 Å². The van der Waals surface area contributed by atoms with Crippen molar-refractivity contribution in [2.75, 3.05) is 31.1 Å². The maximum Gasteiger partial charge on any atom is 0.0147 e. The standard InChI is InChI=1S/C14H19NS2/c1-11-8-15(6-7-16-11)9-12-10-17-14-5-3-2-4-13(12)14/h2-5,11-12H,6-10H2,1H3. The topological polar surface area (TPSA) is 3.24 Å². The highest BCUT2D eigenvalue weighted by Gasteiger charge is 2.26. The van der Waals surface area contributed by atoms with E-state index in [0.29, 0.717) is 0 Å². The molecule has 1 aromatic rings. The average Bonchev–Trinajstić information content (AvgIpc) is 2.73. The summed E-state index contributed by atoms with van der Waals surface area (Å²) in [6, 6.07) is 8.94. The van der Waals surface area contributed by atoms with Gasteiger partial charge in [-0.05, 0) is 11.6 Å². The molecule has 0 spiro atoms. The minimum Gasteiger partial charge on any atom is -0.301 e. The van der Waals surface area contributed by atoms with Gasteiger partial charge in [0, 0.05) is 47.2 Å². The molecule has 0 amide bonds. The van der Waals surface area contributed by atoms with E-state index in [1.807, 2.05) is 11.8 Å². The van der Waals surface area contributed by atoms with Crippen LogP contribution in [-0.2, 0) is 0 Å². The minimum atomic E-state index is 0.756. The van der Waals surface area contributed by atoms with Crippen molar-refractivity contribution in [3.05, 3.63) is 29.8 Å². The maximum absolute atomic E-state index is 2.66. The Bertz CT molecular complexity index is 394. The van der Waals surface area contributed by atoms with Crippen molar-refractivity contribution < 1.29 is 0 Å². The van der Waals surface area contributed by atoms with Crippen LogP contribution in [0.1, 0.15) is 18.4 Å². The Kier molecular flexibility index (Phi) is 3.69. The number of nitrogens with zero attached hydrogens (tertiary/aromatic N) is 1. The Morgan fingerprint density at radius 2 is 2.24 bits per heavy atom. The molecule has 1 nitrogen and oxygen atoms in total. The monoisotopic (exact) mass is 265 g/mol. The van der Waals surface area contributed by atoms with Crippen LogP contribution >= 0.6 is 23.5 Å². The predicted molar refractivity (Wildman–Crippen MR) is 78.3 cm³/mol. The molecule has 1 aromatic carbocycles. The Morgan fingerprint density at radius 3 is 3.12 bits per heavy atom. The molecule has 1 fully saturated rings. The average molecular weight is 265 g/mol. The molecular formula is C14H19NS2. The SMILES string of the molecule is CC1CN(CC2CSc3ccccc32)CCS1. The van der Waals surface area contributed by atoms with Crippen LogP contribution in [0.2, 0.25) is 0 Å². The van der Waals surface area contributed by atoms with Crippen molar-refractivity contribution in [1.82, 2.24) is 4.90 Å². The highest BCUT2D eigenvalue weighted by molar-refractivity contribution is 8.00. The lowest BCUT2D eigenvalue weighted by atomic mass is 10.0. The van der Waals surface area contributed by atoms with Gasteiger partial charge in [-0.1, -0.05) is 25.1 Å². The second kappa shape index (κ2) is 5.25. The fourth-order valence-corrected chi connectivity index (χ4v) is 5.07. The molecule has 0 aromatic heterocycles. The molecule has 2 heterocycles. The van der Waals surface area contributed by atoms with Crippen LogP contribution in [0, 0.1) is 0 Å². The van der Waals surface area contributed by atoms with Gasteiger partial charge in [0.2, 0.25) is 0 Å². The summed E-state index contributed by atoms with van der Waals surface area (Å²) in [6.07, 6.45) is 0. The van der Waals surface area contributed by atoms with Crippen LogP contribution in [0.3, 0.4) is 0 Å². The molecule has 3 heteroatoms. The van der Waals surface area contributed by atoms with Gasteiger partial charge in [0.15, 0.2) is 0 Å². The van der Waals surface area contributed by atoms with Crippen molar-refractivity contribution in [3.8, 4) is 0 Å². The number of rotatable bonds is 2. The van der Waals surface area contributed by atoms with Gasteiger partial charge in [0.25, 0.3) is 0 Å². The zero-order valence-corrected chi connectivity index (χ0v) is 11.9. The zero-order valence-electron chi connectivity index (χ0n) is 10.3. The highest BCUT2D eigenvalue weighted by atomic mass is 32.2. The number of fused-ring (bicyclic) bond motifs is 1. The molecule has 2 unspecified atom stereocenters. The Balaban J connectivity index is 1.67. The lowest BCUT2D eigenvalue weighted by molar-refractivity contribution is 0.274. The van der Waals surface area contributed by atoms with Crippen molar-refractivity contribution in [2.45, 2.75) is 23.0 Å². The van der Waals surface area contributed by atoms with E-state index in [4.69, 9.17) is 0 Å². The summed E-state index contributed by atoms with van der Waals surface area (Å²) in [5.41, 5.74) is 1.59. The molecule has 92 valence electrons.